The molecule has 0 amide bonds. The van der Waals surface area contributed by atoms with Crippen molar-refractivity contribution in [2.24, 2.45) is 5.92 Å². The van der Waals surface area contributed by atoms with Crippen LogP contribution in [-0.2, 0) is 4.74 Å². The number of aromatic nitrogens is 1. The zero-order chi connectivity index (χ0) is 11.4. The number of ether oxygens (including phenoxy) is 1. The lowest BCUT2D eigenvalue weighted by Gasteiger charge is -2.14. The lowest BCUT2D eigenvalue weighted by atomic mass is 10.0. The van der Waals surface area contributed by atoms with E-state index < -0.39 is 0 Å². The molecular weight excluding hydrogens is 202 g/mol. The Labute approximate surface area is 95.3 Å². The van der Waals surface area contributed by atoms with Crippen LogP contribution in [0.3, 0.4) is 0 Å². The fraction of sp³-hybridized carbons (Fsp3) is 0.500. The highest BCUT2D eigenvalue weighted by atomic mass is 16.5. The average molecular weight is 217 g/mol. The Balaban J connectivity index is 1.92. The minimum atomic E-state index is 0.312. The molecular formula is C12H15N3O. The van der Waals surface area contributed by atoms with Crippen LogP contribution in [-0.4, -0.2) is 24.2 Å². The van der Waals surface area contributed by atoms with E-state index in [1.54, 1.807) is 6.07 Å². The summed E-state index contributed by atoms with van der Waals surface area (Å²) in [4.78, 5) is 4.16. The van der Waals surface area contributed by atoms with Crippen LogP contribution in [0, 0.1) is 17.2 Å². The molecule has 0 spiro atoms. The number of pyridine rings is 1. The van der Waals surface area contributed by atoms with Gasteiger partial charge in [0.25, 0.3) is 0 Å². The van der Waals surface area contributed by atoms with Crippen molar-refractivity contribution in [1.82, 2.24) is 4.98 Å². The van der Waals surface area contributed by atoms with Crippen molar-refractivity contribution in [2.75, 3.05) is 18.5 Å². The molecule has 1 saturated heterocycles. The number of hydrogen-bond acceptors (Lipinski definition) is 4. The van der Waals surface area contributed by atoms with Crippen LogP contribution in [0.2, 0.25) is 0 Å². The summed E-state index contributed by atoms with van der Waals surface area (Å²) in [5.74, 6) is 1.30. The Bertz CT molecular complexity index is 399. The third-order valence-electron chi connectivity index (χ3n) is 2.94. The van der Waals surface area contributed by atoms with Crippen LogP contribution in [0.25, 0.3) is 0 Å². The van der Waals surface area contributed by atoms with Gasteiger partial charge in [-0.3, -0.25) is 0 Å². The van der Waals surface area contributed by atoms with Gasteiger partial charge in [0.1, 0.15) is 17.6 Å². The monoisotopic (exact) mass is 217 g/mol. The molecule has 4 nitrogen and oxygen atoms in total. The van der Waals surface area contributed by atoms with Crippen LogP contribution >= 0.6 is 0 Å². The van der Waals surface area contributed by atoms with E-state index in [9.17, 15) is 0 Å². The highest BCUT2D eigenvalue weighted by molar-refractivity contribution is 5.38. The van der Waals surface area contributed by atoms with Gasteiger partial charge in [0.2, 0.25) is 0 Å². The van der Waals surface area contributed by atoms with Crippen molar-refractivity contribution in [3.05, 3.63) is 23.9 Å². The number of nitrogens with zero attached hydrogens (tertiary/aromatic N) is 2. The second-order valence-corrected chi connectivity index (χ2v) is 4.03. The summed E-state index contributed by atoms with van der Waals surface area (Å²) in [6.07, 6.45) is 1.40. The van der Waals surface area contributed by atoms with E-state index >= 15 is 0 Å². The molecule has 1 aliphatic heterocycles. The first-order valence-corrected chi connectivity index (χ1v) is 5.52. The minimum absolute atomic E-state index is 0.312. The van der Waals surface area contributed by atoms with E-state index in [1.807, 2.05) is 18.2 Å². The first-order valence-electron chi connectivity index (χ1n) is 5.52. The Kier molecular flexibility index (Phi) is 3.37. The smallest absolute Gasteiger partial charge is 0.142 e. The number of nitriles is 1. The molecule has 2 heterocycles. The molecule has 0 saturated carbocycles. The fourth-order valence-electron chi connectivity index (χ4n) is 1.88. The molecule has 4 heteroatoms. The van der Waals surface area contributed by atoms with Crippen molar-refractivity contribution in [1.29, 1.82) is 5.26 Å². The number of nitrogens with one attached hydrogen (secondary N) is 1. The Hall–Kier alpha value is -1.60. The molecule has 2 unspecified atom stereocenters. The quantitative estimate of drug-likeness (QED) is 0.838. The van der Waals surface area contributed by atoms with Gasteiger partial charge in [-0.05, 0) is 25.5 Å². The molecule has 1 aliphatic rings. The molecule has 1 fully saturated rings. The maximum Gasteiger partial charge on any atom is 0.142 e. The van der Waals surface area contributed by atoms with Gasteiger partial charge in [-0.25, -0.2) is 4.98 Å². The number of anilines is 1. The first kappa shape index (κ1) is 10.9. The van der Waals surface area contributed by atoms with E-state index in [-0.39, 0.29) is 0 Å². The van der Waals surface area contributed by atoms with Gasteiger partial charge in [0, 0.05) is 19.1 Å². The molecule has 0 radical (unpaired) electrons. The van der Waals surface area contributed by atoms with Gasteiger partial charge < -0.3 is 10.1 Å². The Morgan fingerprint density at radius 3 is 3.19 bits per heavy atom. The summed E-state index contributed by atoms with van der Waals surface area (Å²) in [7, 11) is 0. The van der Waals surface area contributed by atoms with Gasteiger partial charge in [-0.15, -0.1) is 0 Å². The largest absolute Gasteiger partial charge is 0.378 e. The van der Waals surface area contributed by atoms with Crippen LogP contribution < -0.4 is 5.32 Å². The van der Waals surface area contributed by atoms with Crippen molar-refractivity contribution < 1.29 is 4.74 Å². The average Bonchev–Trinajstić information content (AvgIpc) is 2.72. The van der Waals surface area contributed by atoms with E-state index in [0.717, 1.165) is 25.4 Å². The Morgan fingerprint density at radius 2 is 2.50 bits per heavy atom. The standard InChI is InChI=1S/C12H15N3O/c1-9-10(5-6-16-9)8-14-12-4-2-3-11(7-13)15-12/h2-4,9-10H,5-6,8H2,1H3,(H,14,15). The molecule has 2 atom stereocenters. The van der Waals surface area contributed by atoms with E-state index in [0.29, 0.717) is 17.7 Å². The van der Waals surface area contributed by atoms with E-state index in [1.165, 1.54) is 0 Å². The maximum atomic E-state index is 8.72. The topological polar surface area (TPSA) is 57.9 Å². The highest BCUT2D eigenvalue weighted by Crippen LogP contribution is 2.20. The third-order valence-corrected chi connectivity index (χ3v) is 2.94. The van der Waals surface area contributed by atoms with Crippen LogP contribution in [0.5, 0.6) is 0 Å². The third kappa shape index (κ3) is 2.50. The molecule has 0 bridgehead atoms. The number of hydrogen-bond donors (Lipinski definition) is 1. The van der Waals surface area contributed by atoms with Crippen molar-refractivity contribution in [2.45, 2.75) is 19.4 Å². The SMILES string of the molecule is CC1OCCC1CNc1cccc(C#N)n1. The molecule has 2 rings (SSSR count). The summed E-state index contributed by atoms with van der Waals surface area (Å²) < 4.78 is 5.49. The predicted octanol–water partition coefficient (Wildman–Crippen LogP) is 1.79. The molecule has 0 aliphatic carbocycles. The van der Waals surface area contributed by atoms with Crippen molar-refractivity contribution in [3.8, 4) is 6.07 Å². The lowest BCUT2D eigenvalue weighted by Crippen LogP contribution is -2.21. The summed E-state index contributed by atoms with van der Waals surface area (Å²) in [5.41, 5.74) is 0.445. The van der Waals surface area contributed by atoms with Crippen LogP contribution in [0.15, 0.2) is 18.2 Å². The molecule has 1 aromatic heterocycles. The van der Waals surface area contributed by atoms with Crippen LogP contribution in [0.1, 0.15) is 19.0 Å². The normalized spacial score (nSPS) is 24.0. The zero-order valence-electron chi connectivity index (χ0n) is 9.31. The van der Waals surface area contributed by atoms with Gasteiger partial charge in [0.15, 0.2) is 0 Å². The van der Waals surface area contributed by atoms with Crippen LogP contribution in [0.4, 0.5) is 5.82 Å². The van der Waals surface area contributed by atoms with Crippen molar-refractivity contribution in [3.63, 3.8) is 0 Å². The minimum Gasteiger partial charge on any atom is -0.378 e. The molecule has 16 heavy (non-hydrogen) atoms. The van der Waals surface area contributed by atoms with Gasteiger partial charge in [-0.1, -0.05) is 6.07 Å². The highest BCUT2D eigenvalue weighted by Gasteiger charge is 2.23. The summed E-state index contributed by atoms with van der Waals surface area (Å²) >= 11 is 0. The second-order valence-electron chi connectivity index (χ2n) is 4.03. The van der Waals surface area contributed by atoms with Gasteiger partial charge >= 0.3 is 0 Å². The molecule has 0 aromatic carbocycles. The predicted molar refractivity (Wildman–Crippen MR) is 61.0 cm³/mol. The van der Waals surface area contributed by atoms with Gasteiger partial charge in [-0.2, -0.15) is 5.26 Å². The summed E-state index contributed by atoms with van der Waals surface area (Å²) in [6.45, 7) is 3.79. The van der Waals surface area contributed by atoms with Crippen molar-refractivity contribution >= 4 is 5.82 Å². The Morgan fingerprint density at radius 1 is 1.62 bits per heavy atom. The molecule has 1 N–H and O–H groups in total. The van der Waals surface area contributed by atoms with Gasteiger partial charge in [0.05, 0.1) is 6.10 Å². The lowest BCUT2D eigenvalue weighted by molar-refractivity contribution is 0.108. The zero-order valence-corrected chi connectivity index (χ0v) is 9.31. The van der Waals surface area contributed by atoms with E-state index in [4.69, 9.17) is 10.00 Å². The second kappa shape index (κ2) is 4.95. The van der Waals surface area contributed by atoms with E-state index in [2.05, 4.69) is 17.2 Å². The molecule has 84 valence electrons. The number of rotatable bonds is 3. The first-order chi connectivity index (χ1) is 7.79. The summed E-state index contributed by atoms with van der Waals surface area (Å²) in [6, 6.07) is 7.44. The fourth-order valence-corrected chi connectivity index (χ4v) is 1.88. The maximum absolute atomic E-state index is 8.72. The molecule has 1 aromatic rings. The summed E-state index contributed by atoms with van der Waals surface area (Å²) in [5, 5.41) is 12.0.